The molecule has 2 fully saturated rings. The minimum Gasteiger partial charge on any atom is -0.462 e. The van der Waals surface area contributed by atoms with Gasteiger partial charge in [0.2, 0.25) is 0 Å². The van der Waals surface area contributed by atoms with E-state index < -0.39 is 0 Å². The van der Waals surface area contributed by atoms with Gasteiger partial charge in [-0.05, 0) is 26.2 Å². The van der Waals surface area contributed by atoms with Crippen molar-refractivity contribution in [3.8, 4) is 0 Å². The fourth-order valence-corrected chi connectivity index (χ4v) is 2.69. The van der Waals surface area contributed by atoms with Crippen LogP contribution < -0.4 is 0 Å². The molecule has 3 unspecified atom stereocenters. The molecule has 1 saturated carbocycles. The van der Waals surface area contributed by atoms with Crippen LogP contribution in [0.2, 0.25) is 0 Å². The summed E-state index contributed by atoms with van der Waals surface area (Å²) in [6.45, 7) is 1.55. The average molecular weight is 196 g/mol. The van der Waals surface area contributed by atoms with E-state index in [4.69, 9.17) is 4.74 Å². The third-order valence-corrected chi connectivity index (χ3v) is 3.35. The van der Waals surface area contributed by atoms with Gasteiger partial charge >= 0.3 is 5.97 Å². The summed E-state index contributed by atoms with van der Waals surface area (Å²) in [5.74, 6) is 0.133. The Morgan fingerprint density at radius 1 is 1.43 bits per heavy atom. The van der Waals surface area contributed by atoms with Gasteiger partial charge < -0.3 is 9.53 Å². The van der Waals surface area contributed by atoms with Gasteiger partial charge in [-0.3, -0.25) is 4.79 Å². The molecule has 0 N–H and O–H groups in total. The van der Waals surface area contributed by atoms with E-state index in [1.807, 2.05) is 0 Å². The summed E-state index contributed by atoms with van der Waals surface area (Å²) in [6.07, 6.45) is 4.85. The quantitative estimate of drug-likeness (QED) is 0.631. The van der Waals surface area contributed by atoms with Gasteiger partial charge in [0.15, 0.2) is 0 Å². The van der Waals surface area contributed by atoms with Crippen LogP contribution in [0.15, 0.2) is 0 Å². The highest BCUT2D eigenvalue weighted by Gasteiger charge is 2.45. The summed E-state index contributed by atoms with van der Waals surface area (Å²) in [5, 5.41) is 0. The van der Waals surface area contributed by atoms with Crippen LogP contribution in [-0.2, 0) is 14.3 Å². The number of ether oxygens (including phenoxy) is 1. The first-order valence-electron chi connectivity index (χ1n) is 5.38. The fraction of sp³-hybridized carbons (Fsp3) is 0.818. The molecule has 0 aromatic rings. The van der Waals surface area contributed by atoms with E-state index >= 15 is 0 Å². The van der Waals surface area contributed by atoms with Crippen molar-refractivity contribution in [3.05, 3.63) is 0 Å². The zero-order chi connectivity index (χ0) is 10.1. The van der Waals surface area contributed by atoms with E-state index in [1.54, 1.807) is 6.92 Å². The lowest BCUT2D eigenvalue weighted by molar-refractivity contribution is -0.145. The number of ketones is 1. The smallest absolute Gasteiger partial charge is 0.310 e. The molecule has 3 atom stereocenters. The van der Waals surface area contributed by atoms with E-state index in [-0.39, 0.29) is 23.8 Å². The summed E-state index contributed by atoms with van der Waals surface area (Å²) in [7, 11) is 0. The molecule has 0 spiro atoms. The van der Waals surface area contributed by atoms with Crippen molar-refractivity contribution in [2.75, 3.05) is 0 Å². The predicted molar refractivity (Wildman–Crippen MR) is 50.6 cm³/mol. The third kappa shape index (κ3) is 1.68. The number of esters is 1. The van der Waals surface area contributed by atoms with Gasteiger partial charge in [0.1, 0.15) is 11.9 Å². The summed E-state index contributed by atoms with van der Waals surface area (Å²) in [5.41, 5.74) is 0. The van der Waals surface area contributed by atoms with Crippen LogP contribution in [0.4, 0.5) is 0 Å². The topological polar surface area (TPSA) is 43.4 Å². The average Bonchev–Trinajstić information content (AvgIpc) is 2.43. The summed E-state index contributed by atoms with van der Waals surface area (Å²) >= 11 is 0. The van der Waals surface area contributed by atoms with E-state index in [1.165, 1.54) is 6.42 Å². The molecule has 0 amide bonds. The predicted octanol–water partition coefficient (Wildman–Crippen LogP) is 1.70. The van der Waals surface area contributed by atoms with Gasteiger partial charge in [0.05, 0.1) is 5.92 Å². The van der Waals surface area contributed by atoms with Crippen LogP contribution in [0.5, 0.6) is 0 Å². The van der Waals surface area contributed by atoms with Gasteiger partial charge in [-0.15, -0.1) is 0 Å². The highest BCUT2D eigenvalue weighted by Crippen LogP contribution is 2.40. The largest absolute Gasteiger partial charge is 0.462 e. The minimum absolute atomic E-state index is 0.0955. The maximum Gasteiger partial charge on any atom is 0.310 e. The van der Waals surface area contributed by atoms with Gasteiger partial charge in [-0.25, -0.2) is 0 Å². The molecule has 0 aromatic carbocycles. The van der Waals surface area contributed by atoms with Crippen molar-refractivity contribution >= 4 is 11.8 Å². The normalized spacial score (nSPS) is 36.4. The van der Waals surface area contributed by atoms with E-state index in [2.05, 4.69) is 0 Å². The van der Waals surface area contributed by atoms with Gasteiger partial charge in [-0.2, -0.15) is 0 Å². The number of rotatable bonds is 2. The Hall–Kier alpha value is -0.860. The van der Waals surface area contributed by atoms with Crippen molar-refractivity contribution in [1.82, 2.24) is 0 Å². The molecule has 1 saturated heterocycles. The number of carbonyl (C=O) groups is 2. The lowest BCUT2D eigenvalue weighted by Crippen LogP contribution is -2.25. The highest BCUT2D eigenvalue weighted by atomic mass is 16.6. The Kier molecular flexibility index (Phi) is 2.57. The number of carbonyl (C=O) groups excluding carboxylic acids is 2. The first-order chi connectivity index (χ1) is 6.68. The molecule has 1 aliphatic heterocycles. The lowest BCUT2D eigenvalue weighted by Gasteiger charge is -2.24. The minimum atomic E-state index is -0.142. The second-order valence-electron chi connectivity index (χ2n) is 4.44. The molecule has 0 bridgehead atoms. The number of hydrogen-bond acceptors (Lipinski definition) is 3. The Balaban J connectivity index is 2.07. The van der Waals surface area contributed by atoms with Crippen LogP contribution in [0.3, 0.4) is 0 Å². The van der Waals surface area contributed by atoms with Crippen LogP contribution in [0, 0.1) is 11.8 Å². The Morgan fingerprint density at radius 2 is 2.14 bits per heavy atom. The summed E-state index contributed by atoms with van der Waals surface area (Å²) in [6, 6.07) is 0. The molecule has 2 rings (SSSR count). The molecule has 78 valence electrons. The maximum absolute atomic E-state index is 11.5. The van der Waals surface area contributed by atoms with Crippen molar-refractivity contribution in [2.24, 2.45) is 11.8 Å². The monoisotopic (exact) mass is 196 g/mol. The highest BCUT2D eigenvalue weighted by molar-refractivity contribution is 5.84. The molecule has 0 radical (unpaired) electrons. The fourth-order valence-electron chi connectivity index (χ4n) is 2.69. The second kappa shape index (κ2) is 3.71. The van der Waals surface area contributed by atoms with Crippen molar-refractivity contribution in [3.63, 3.8) is 0 Å². The number of hydrogen-bond donors (Lipinski definition) is 0. The molecule has 0 aromatic heterocycles. The molecule has 3 heteroatoms. The second-order valence-corrected chi connectivity index (χ2v) is 4.44. The standard InChI is InChI=1S/C11H16O3/c1-7(12)6-9-8-4-2-3-5-10(8)14-11(9)13/h8-10H,2-6H2,1H3. The first kappa shape index (κ1) is 9.69. The zero-order valence-electron chi connectivity index (χ0n) is 8.49. The molecular formula is C11H16O3. The number of fused-ring (bicyclic) bond motifs is 1. The van der Waals surface area contributed by atoms with Crippen LogP contribution in [-0.4, -0.2) is 17.9 Å². The van der Waals surface area contributed by atoms with E-state index in [0.717, 1.165) is 19.3 Å². The van der Waals surface area contributed by atoms with Crippen LogP contribution >= 0.6 is 0 Å². The molecular weight excluding hydrogens is 180 g/mol. The molecule has 2 aliphatic rings. The SMILES string of the molecule is CC(=O)CC1C(=O)OC2CCCCC21. The summed E-state index contributed by atoms with van der Waals surface area (Å²) < 4.78 is 5.29. The number of Topliss-reactive ketones (excluding diaryl/α,β-unsaturated/α-hetero) is 1. The summed E-state index contributed by atoms with van der Waals surface area (Å²) in [4.78, 5) is 22.5. The Labute approximate surface area is 83.8 Å². The molecule has 14 heavy (non-hydrogen) atoms. The Morgan fingerprint density at radius 3 is 2.86 bits per heavy atom. The Bertz CT molecular complexity index is 259. The molecule has 1 aliphatic carbocycles. The van der Waals surface area contributed by atoms with E-state index in [9.17, 15) is 9.59 Å². The van der Waals surface area contributed by atoms with Gasteiger partial charge in [0.25, 0.3) is 0 Å². The van der Waals surface area contributed by atoms with Crippen LogP contribution in [0.25, 0.3) is 0 Å². The third-order valence-electron chi connectivity index (χ3n) is 3.35. The van der Waals surface area contributed by atoms with Crippen LogP contribution in [0.1, 0.15) is 39.0 Å². The maximum atomic E-state index is 11.5. The van der Waals surface area contributed by atoms with E-state index in [0.29, 0.717) is 12.3 Å². The van der Waals surface area contributed by atoms with Gasteiger partial charge in [0, 0.05) is 12.3 Å². The first-order valence-corrected chi connectivity index (χ1v) is 5.38. The van der Waals surface area contributed by atoms with Crippen molar-refractivity contribution in [1.29, 1.82) is 0 Å². The van der Waals surface area contributed by atoms with Crippen molar-refractivity contribution in [2.45, 2.75) is 45.1 Å². The molecule has 1 heterocycles. The van der Waals surface area contributed by atoms with Crippen molar-refractivity contribution < 1.29 is 14.3 Å². The lowest BCUT2D eigenvalue weighted by atomic mass is 9.78. The molecule has 3 nitrogen and oxygen atoms in total. The zero-order valence-corrected chi connectivity index (χ0v) is 8.49. The van der Waals surface area contributed by atoms with Gasteiger partial charge in [-0.1, -0.05) is 6.42 Å².